The van der Waals surface area contributed by atoms with E-state index in [0.717, 1.165) is 24.8 Å². The number of halogens is 1. The highest BCUT2D eigenvalue weighted by Gasteiger charge is 2.38. The van der Waals surface area contributed by atoms with E-state index in [-0.39, 0.29) is 29.8 Å². The van der Waals surface area contributed by atoms with E-state index in [1.807, 2.05) is 13.0 Å². The Balaban J connectivity index is 2.21. The summed E-state index contributed by atoms with van der Waals surface area (Å²) in [6, 6.07) is 6.15. The molecule has 1 aliphatic heterocycles. The number of benzene rings is 1. The molecule has 1 aromatic carbocycles. The number of rotatable bonds is 4. The molecule has 21 heavy (non-hydrogen) atoms. The molecule has 1 aromatic rings. The lowest BCUT2D eigenvalue weighted by atomic mass is 10.0. The molecular weight excluding hydrogens is 271 g/mol. The molecule has 0 spiro atoms. The van der Waals surface area contributed by atoms with Gasteiger partial charge in [-0.05, 0) is 37.5 Å². The summed E-state index contributed by atoms with van der Waals surface area (Å²) in [7, 11) is 1.74. The van der Waals surface area contributed by atoms with E-state index in [4.69, 9.17) is 0 Å². The van der Waals surface area contributed by atoms with Crippen molar-refractivity contribution in [2.24, 2.45) is 0 Å². The first-order valence-corrected chi connectivity index (χ1v) is 7.17. The lowest BCUT2D eigenvalue weighted by molar-refractivity contribution is -0.132. The van der Waals surface area contributed by atoms with Crippen molar-refractivity contribution in [2.45, 2.75) is 44.8 Å². The molecule has 2 unspecified atom stereocenters. The van der Waals surface area contributed by atoms with E-state index in [2.05, 4.69) is 0 Å². The Kier molecular flexibility index (Phi) is 4.60. The lowest BCUT2D eigenvalue weighted by Crippen LogP contribution is -2.47. The van der Waals surface area contributed by atoms with Crippen LogP contribution in [0.1, 0.15) is 38.3 Å². The topological polar surface area (TPSA) is 40.6 Å². The first kappa shape index (κ1) is 15.5. The van der Waals surface area contributed by atoms with Crippen molar-refractivity contribution in [2.75, 3.05) is 7.05 Å². The fraction of sp³-hybridized carbons (Fsp3) is 0.500. The fourth-order valence-electron chi connectivity index (χ4n) is 3.10. The van der Waals surface area contributed by atoms with Crippen molar-refractivity contribution in [1.82, 2.24) is 9.80 Å². The van der Waals surface area contributed by atoms with Crippen LogP contribution in [0.2, 0.25) is 0 Å². The Morgan fingerprint density at radius 2 is 2.19 bits per heavy atom. The van der Waals surface area contributed by atoms with Crippen molar-refractivity contribution in [3.63, 3.8) is 0 Å². The predicted molar refractivity (Wildman–Crippen MR) is 78.0 cm³/mol. The summed E-state index contributed by atoms with van der Waals surface area (Å²) in [6.07, 6.45) is 2.40. The van der Waals surface area contributed by atoms with Crippen molar-refractivity contribution in [3.05, 3.63) is 35.6 Å². The van der Waals surface area contributed by atoms with E-state index >= 15 is 0 Å². The second kappa shape index (κ2) is 6.24. The number of nitrogens with zero attached hydrogens (tertiary/aromatic N) is 2. The number of likely N-dealkylation sites (N-methyl/N-ethyl adjacent to an activating group) is 1. The molecule has 1 aliphatic rings. The number of likely N-dealkylation sites (tertiary alicyclic amines) is 1. The standard InChI is InChI=1S/C16H21FN2O2/c1-11(18(3)12(2)21)15-7-8-16(19(15)10-20)13-5-4-6-14(17)9-13/h4-6,9-11,15-16H,7-8H2,1-3H3/t11-,15?,16?/m0/s1. The van der Waals surface area contributed by atoms with Gasteiger partial charge in [-0.3, -0.25) is 9.59 Å². The Morgan fingerprint density at radius 1 is 1.48 bits per heavy atom. The molecule has 3 atom stereocenters. The molecule has 0 saturated carbocycles. The van der Waals surface area contributed by atoms with Crippen LogP contribution in [0.15, 0.2) is 24.3 Å². The molecule has 1 fully saturated rings. The summed E-state index contributed by atoms with van der Waals surface area (Å²) >= 11 is 0. The summed E-state index contributed by atoms with van der Waals surface area (Å²) in [5.41, 5.74) is 0.808. The van der Waals surface area contributed by atoms with Gasteiger partial charge in [0, 0.05) is 20.0 Å². The molecule has 5 heteroatoms. The van der Waals surface area contributed by atoms with E-state index < -0.39 is 0 Å². The quantitative estimate of drug-likeness (QED) is 0.799. The van der Waals surface area contributed by atoms with E-state index in [1.165, 1.54) is 19.1 Å². The minimum absolute atomic E-state index is 0.0254. The van der Waals surface area contributed by atoms with Crippen LogP contribution in [-0.2, 0) is 9.59 Å². The average Bonchev–Trinajstić information content (AvgIpc) is 2.89. The third-order valence-corrected chi connectivity index (χ3v) is 4.50. The highest BCUT2D eigenvalue weighted by Crippen LogP contribution is 2.37. The third-order valence-electron chi connectivity index (χ3n) is 4.50. The molecule has 0 radical (unpaired) electrons. The molecule has 0 bridgehead atoms. The normalized spacial score (nSPS) is 23.0. The molecule has 4 nitrogen and oxygen atoms in total. The predicted octanol–water partition coefficient (Wildman–Crippen LogP) is 2.35. The monoisotopic (exact) mass is 292 g/mol. The number of carbonyl (C=O) groups excluding carboxylic acids is 2. The van der Waals surface area contributed by atoms with Crippen molar-refractivity contribution < 1.29 is 14.0 Å². The minimum atomic E-state index is -0.296. The summed E-state index contributed by atoms with van der Waals surface area (Å²) in [5.74, 6) is -0.321. The maximum absolute atomic E-state index is 13.4. The first-order chi connectivity index (χ1) is 9.95. The first-order valence-electron chi connectivity index (χ1n) is 7.17. The van der Waals surface area contributed by atoms with Crippen molar-refractivity contribution in [3.8, 4) is 0 Å². The highest BCUT2D eigenvalue weighted by atomic mass is 19.1. The Hall–Kier alpha value is -1.91. The SMILES string of the molecule is CC(=O)N(C)[C@@H](C)C1CCC(c2cccc(F)c2)N1C=O. The largest absolute Gasteiger partial charge is 0.341 e. The van der Waals surface area contributed by atoms with Crippen LogP contribution >= 0.6 is 0 Å². The highest BCUT2D eigenvalue weighted by molar-refractivity contribution is 5.73. The van der Waals surface area contributed by atoms with Crippen LogP contribution in [0.25, 0.3) is 0 Å². The van der Waals surface area contributed by atoms with Gasteiger partial charge in [0.2, 0.25) is 12.3 Å². The van der Waals surface area contributed by atoms with Gasteiger partial charge in [-0.25, -0.2) is 4.39 Å². The average molecular weight is 292 g/mol. The van der Waals surface area contributed by atoms with Gasteiger partial charge in [-0.1, -0.05) is 12.1 Å². The number of hydrogen-bond donors (Lipinski definition) is 0. The van der Waals surface area contributed by atoms with Gasteiger partial charge in [-0.15, -0.1) is 0 Å². The number of amides is 2. The molecule has 2 amide bonds. The molecule has 0 aliphatic carbocycles. The minimum Gasteiger partial charge on any atom is -0.341 e. The summed E-state index contributed by atoms with van der Waals surface area (Å²) in [5, 5.41) is 0. The van der Waals surface area contributed by atoms with Crippen molar-refractivity contribution >= 4 is 12.3 Å². The smallest absolute Gasteiger partial charge is 0.219 e. The van der Waals surface area contributed by atoms with Gasteiger partial charge in [0.1, 0.15) is 5.82 Å². The van der Waals surface area contributed by atoms with E-state index in [1.54, 1.807) is 22.9 Å². The second-order valence-electron chi connectivity index (χ2n) is 5.64. The van der Waals surface area contributed by atoms with Gasteiger partial charge < -0.3 is 9.80 Å². The second-order valence-corrected chi connectivity index (χ2v) is 5.64. The Bertz CT molecular complexity index is 535. The van der Waals surface area contributed by atoms with Gasteiger partial charge in [0.05, 0.1) is 12.1 Å². The van der Waals surface area contributed by atoms with Crippen LogP contribution in [0.5, 0.6) is 0 Å². The zero-order valence-electron chi connectivity index (χ0n) is 12.6. The molecular formula is C16H21FN2O2. The Labute approximate surface area is 124 Å². The van der Waals surface area contributed by atoms with Gasteiger partial charge in [0.15, 0.2) is 0 Å². The van der Waals surface area contributed by atoms with Crippen LogP contribution in [0.3, 0.4) is 0 Å². The maximum Gasteiger partial charge on any atom is 0.219 e. The zero-order chi connectivity index (χ0) is 15.6. The van der Waals surface area contributed by atoms with Gasteiger partial charge >= 0.3 is 0 Å². The summed E-state index contributed by atoms with van der Waals surface area (Å²) < 4.78 is 13.4. The van der Waals surface area contributed by atoms with Crippen LogP contribution in [-0.4, -0.2) is 41.2 Å². The third kappa shape index (κ3) is 3.06. The lowest BCUT2D eigenvalue weighted by Gasteiger charge is -2.35. The van der Waals surface area contributed by atoms with E-state index in [0.29, 0.717) is 0 Å². The molecule has 2 rings (SSSR count). The molecule has 0 aromatic heterocycles. The molecule has 114 valence electrons. The van der Waals surface area contributed by atoms with Gasteiger partial charge in [0.25, 0.3) is 0 Å². The van der Waals surface area contributed by atoms with Crippen molar-refractivity contribution in [1.29, 1.82) is 0 Å². The van der Waals surface area contributed by atoms with Gasteiger partial charge in [-0.2, -0.15) is 0 Å². The maximum atomic E-state index is 13.4. The fourth-order valence-corrected chi connectivity index (χ4v) is 3.10. The molecule has 1 saturated heterocycles. The molecule has 1 heterocycles. The van der Waals surface area contributed by atoms with Crippen LogP contribution < -0.4 is 0 Å². The van der Waals surface area contributed by atoms with Crippen LogP contribution in [0, 0.1) is 5.82 Å². The zero-order valence-corrected chi connectivity index (χ0v) is 12.6. The van der Waals surface area contributed by atoms with E-state index in [9.17, 15) is 14.0 Å². The number of hydrogen-bond acceptors (Lipinski definition) is 2. The Morgan fingerprint density at radius 3 is 2.76 bits per heavy atom. The molecule has 0 N–H and O–H groups in total. The number of carbonyl (C=O) groups is 2. The summed E-state index contributed by atoms with van der Waals surface area (Å²) in [6.45, 7) is 3.46. The summed E-state index contributed by atoms with van der Waals surface area (Å²) in [4.78, 5) is 26.4. The van der Waals surface area contributed by atoms with Crippen LogP contribution in [0.4, 0.5) is 4.39 Å².